The Bertz CT molecular complexity index is 369. The second-order valence-corrected chi connectivity index (χ2v) is 3.88. The highest BCUT2D eigenvalue weighted by molar-refractivity contribution is 5.67. The van der Waals surface area contributed by atoms with E-state index in [0.29, 0.717) is 0 Å². The molecule has 1 aromatic rings. The van der Waals surface area contributed by atoms with E-state index in [1.807, 2.05) is 0 Å². The highest BCUT2D eigenvalue weighted by Crippen LogP contribution is 2.23. The van der Waals surface area contributed by atoms with Gasteiger partial charge in [0.15, 0.2) is 0 Å². The summed E-state index contributed by atoms with van der Waals surface area (Å²) in [5.41, 5.74) is 4.20. The van der Waals surface area contributed by atoms with Gasteiger partial charge in [0.1, 0.15) is 0 Å². The van der Waals surface area contributed by atoms with Crippen LogP contribution in [0.4, 0.5) is 0 Å². The predicted molar refractivity (Wildman–Crippen MR) is 62.1 cm³/mol. The highest BCUT2D eigenvalue weighted by atomic mass is 14.1. The minimum Gasteiger partial charge on any atom is -0.0845 e. The Balaban J connectivity index is 2.30. The standard InChI is InChI=1S/C14H16/c1-12-7-6-10-14(11-12)13-8-4-2-3-5-9-13/h2,4,6-8,10-11H,3,5,9H2,1H3. The maximum Gasteiger partial charge on any atom is -0.0222 e. The lowest BCUT2D eigenvalue weighted by atomic mass is 10.00. The Morgan fingerprint density at radius 1 is 1.21 bits per heavy atom. The molecule has 0 unspecified atom stereocenters. The largest absolute Gasteiger partial charge is 0.0845 e. The quantitative estimate of drug-likeness (QED) is 0.616. The van der Waals surface area contributed by atoms with E-state index in [9.17, 15) is 0 Å². The van der Waals surface area contributed by atoms with Crippen molar-refractivity contribution < 1.29 is 0 Å². The zero-order valence-corrected chi connectivity index (χ0v) is 8.66. The van der Waals surface area contributed by atoms with Crippen molar-refractivity contribution in [2.24, 2.45) is 0 Å². The van der Waals surface area contributed by atoms with Crippen LogP contribution in [0.3, 0.4) is 0 Å². The van der Waals surface area contributed by atoms with Gasteiger partial charge in [-0.05, 0) is 37.3 Å². The van der Waals surface area contributed by atoms with E-state index in [4.69, 9.17) is 0 Å². The van der Waals surface area contributed by atoms with E-state index >= 15 is 0 Å². The van der Waals surface area contributed by atoms with Gasteiger partial charge in [-0.3, -0.25) is 0 Å². The van der Waals surface area contributed by atoms with Gasteiger partial charge in [0.25, 0.3) is 0 Å². The average Bonchev–Trinajstić information content (AvgIpc) is 2.45. The van der Waals surface area contributed by atoms with E-state index in [0.717, 1.165) is 0 Å². The van der Waals surface area contributed by atoms with Crippen LogP contribution < -0.4 is 0 Å². The molecule has 0 saturated carbocycles. The van der Waals surface area contributed by atoms with Crippen molar-refractivity contribution in [2.45, 2.75) is 26.2 Å². The maximum atomic E-state index is 2.27. The number of hydrogen-bond acceptors (Lipinski definition) is 0. The summed E-state index contributed by atoms with van der Waals surface area (Å²) in [7, 11) is 0. The molecule has 0 aromatic heterocycles. The van der Waals surface area contributed by atoms with E-state index in [1.54, 1.807) is 0 Å². The van der Waals surface area contributed by atoms with Crippen LogP contribution in [0.1, 0.15) is 30.4 Å². The smallest absolute Gasteiger partial charge is 0.0222 e. The summed E-state index contributed by atoms with van der Waals surface area (Å²) >= 11 is 0. The van der Waals surface area contributed by atoms with Crippen molar-refractivity contribution >= 4 is 5.57 Å². The zero-order valence-electron chi connectivity index (χ0n) is 8.66. The topological polar surface area (TPSA) is 0 Å². The third kappa shape index (κ3) is 2.14. The summed E-state index contributed by atoms with van der Waals surface area (Å²) in [4.78, 5) is 0. The van der Waals surface area contributed by atoms with E-state index in [-0.39, 0.29) is 0 Å². The number of allylic oxidation sites excluding steroid dienone is 4. The molecule has 0 nitrogen and oxygen atoms in total. The Kier molecular flexibility index (Phi) is 2.83. The van der Waals surface area contributed by atoms with Crippen LogP contribution in [-0.2, 0) is 0 Å². The summed E-state index contributed by atoms with van der Waals surface area (Å²) < 4.78 is 0. The SMILES string of the molecule is Cc1cccc(C2=CC=CCCC2)c1. The molecule has 0 N–H and O–H groups in total. The molecule has 2 rings (SSSR count). The zero-order chi connectivity index (χ0) is 9.80. The first kappa shape index (κ1) is 9.26. The first-order valence-corrected chi connectivity index (χ1v) is 5.29. The van der Waals surface area contributed by atoms with Gasteiger partial charge in [0.05, 0.1) is 0 Å². The van der Waals surface area contributed by atoms with Gasteiger partial charge < -0.3 is 0 Å². The maximum absolute atomic E-state index is 2.27. The lowest BCUT2D eigenvalue weighted by Crippen LogP contribution is -1.84. The van der Waals surface area contributed by atoms with Crippen molar-refractivity contribution in [3.05, 3.63) is 53.6 Å². The fourth-order valence-electron chi connectivity index (χ4n) is 1.86. The van der Waals surface area contributed by atoms with Crippen molar-refractivity contribution in [1.82, 2.24) is 0 Å². The van der Waals surface area contributed by atoms with Crippen LogP contribution >= 0.6 is 0 Å². The first-order chi connectivity index (χ1) is 6.86. The number of hydrogen-bond donors (Lipinski definition) is 0. The van der Waals surface area contributed by atoms with E-state index < -0.39 is 0 Å². The monoisotopic (exact) mass is 184 g/mol. The van der Waals surface area contributed by atoms with Gasteiger partial charge in [-0.15, -0.1) is 0 Å². The van der Waals surface area contributed by atoms with Gasteiger partial charge in [0.2, 0.25) is 0 Å². The van der Waals surface area contributed by atoms with Gasteiger partial charge in [-0.25, -0.2) is 0 Å². The second-order valence-electron chi connectivity index (χ2n) is 3.88. The van der Waals surface area contributed by atoms with Crippen molar-refractivity contribution in [3.63, 3.8) is 0 Å². The molecular weight excluding hydrogens is 168 g/mol. The van der Waals surface area contributed by atoms with Gasteiger partial charge in [-0.2, -0.15) is 0 Å². The molecule has 0 heterocycles. The predicted octanol–water partition coefficient (Wildman–Crippen LogP) is 4.12. The Morgan fingerprint density at radius 2 is 2.14 bits per heavy atom. The fourth-order valence-corrected chi connectivity index (χ4v) is 1.86. The normalized spacial score (nSPS) is 16.2. The Hall–Kier alpha value is -1.30. The fraction of sp³-hybridized carbons (Fsp3) is 0.286. The minimum atomic E-state index is 1.20. The summed E-state index contributed by atoms with van der Waals surface area (Å²) in [5.74, 6) is 0. The second kappa shape index (κ2) is 4.28. The van der Waals surface area contributed by atoms with Crippen LogP contribution in [0.25, 0.3) is 5.57 Å². The van der Waals surface area contributed by atoms with E-state index in [2.05, 4.69) is 49.4 Å². The first-order valence-electron chi connectivity index (χ1n) is 5.29. The number of aryl methyl sites for hydroxylation is 1. The Morgan fingerprint density at radius 3 is 3.00 bits per heavy atom. The molecule has 1 aliphatic rings. The molecule has 0 radical (unpaired) electrons. The van der Waals surface area contributed by atoms with Crippen molar-refractivity contribution in [1.29, 1.82) is 0 Å². The van der Waals surface area contributed by atoms with Crippen molar-refractivity contribution in [3.8, 4) is 0 Å². The third-order valence-corrected chi connectivity index (χ3v) is 2.64. The molecule has 0 spiro atoms. The molecule has 0 aliphatic heterocycles. The molecule has 1 aliphatic carbocycles. The lowest BCUT2D eigenvalue weighted by molar-refractivity contribution is 0.886. The number of benzene rings is 1. The number of rotatable bonds is 1. The van der Waals surface area contributed by atoms with Gasteiger partial charge in [-0.1, -0.05) is 48.1 Å². The molecule has 72 valence electrons. The average molecular weight is 184 g/mol. The summed E-state index contributed by atoms with van der Waals surface area (Å²) in [6.07, 6.45) is 10.4. The van der Waals surface area contributed by atoms with Gasteiger partial charge in [0, 0.05) is 0 Å². The van der Waals surface area contributed by atoms with Crippen LogP contribution in [0.5, 0.6) is 0 Å². The molecule has 1 aromatic carbocycles. The van der Waals surface area contributed by atoms with Crippen molar-refractivity contribution in [2.75, 3.05) is 0 Å². The molecule has 14 heavy (non-hydrogen) atoms. The van der Waals surface area contributed by atoms with Gasteiger partial charge >= 0.3 is 0 Å². The Labute approximate surface area is 86.0 Å². The highest BCUT2D eigenvalue weighted by Gasteiger charge is 2.02. The van der Waals surface area contributed by atoms with E-state index in [1.165, 1.54) is 36.0 Å². The van der Waals surface area contributed by atoms with Crippen LogP contribution in [0.2, 0.25) is 0 Å². The molecular formula is C14H16. The summed E-state index contributed by atoms with van der Waals surface area (Å²) in [5, 5.41) is 0. The third-order valence-electron chi connectivity index (χ3n) is 2.64. The molecule has 0 fully saturated rings. The van der Waals surface area contributed by atoms with Crippen LogP contribution in [0.15, 0.2) is 42.5 Å². The molecule has 0 saturated heterocycles. The molecule has 0 heteroatoms. The molecule has 0 atom stereocenters. The summed E-state index contributed by atoms with van der Waals surface area (Å²) in [6.45, 7) is 2.15. The van der Waals surface area contributed by atoms with Crippen LogP contribution in [0, 0.1) is 6.92 Å². The molecule has 0 bridgehead atoms. The van der Waals surface area contributed by atoms with Crippen LogP contribution in [-0.4, -0.2) is 0 Å². The molecule has 0 amide bonds. The lowest BCUT2D eigenvalue weighted by Gasteiger charge is -2.06. The summed E-state index contributed by atoms with van der Waals surface area (Å²) in [6, 6.07) is 8.76. The minimum absolute atomic E-state index is 1.20.